The third kappa shape index (κ3) is 4.94. The van der Waals surface area contributed by atoms with E-state index in [-0.39, 0.29) is 5.54 Å². The fraction of sp³-hybridized carbons (Fsp3) is 0.500. The molecule has 0 aliphatic heterocycles. The highest BCUT2D eigenvalue weighted by atomic mass is 32.1. The summed E-state index contributed by atoms with van der Waals surface area (Å²) in [6, 6.07) is 8.75. The maximum absolute atomic E-state index is 4.83. The Hall–Kier alpha value is -1.19. The molecule has 0 saturated heterocycles. The van der Waals surface area contributed by atoms with Gasteiger partial charge in [-0.2, -0.15) is 0 Å². The molecule has 0 spiro atoms. The molecule has 1 heterocycles. The molecule has 3 heteroatoms. The Kier molecular flexibility index (Phi) is 5.17. The average molecular weight is 302 g/mol. The molecule has 114 valence electrons. The van der Waals surface area contributed by atoms with Gasteiger partial charge in [-0.15, -0.1) is 11.3 Å². The first kappa shape index (κ1) is 16.2. The summed E-state index contributed by atoms with van der Waals surface area (Å²) < 4.78 is 0. The van der Waals surface area contributed by atoms with Crippen molar-refractivity contribution in [2.45, 2.75) is 59.5 Å². The highest BCUT2D eigenvalue weighted by Gasteiger charge is 2.14. The van der Waals surface area contributed by atoms with Crippen molar-refractivity contribution in [2.24, 2.45) is 0 Å². The van der Waals surface area contributed by atoms with Crippen LogP contribution in [0.2, 0.25) is 0 Å². The van der Waals surface area contributed by atoms with Crippen molar-refractivity contribution < 1.29 is 0 Å². The Balaban J connectivity index is 2.10. The van der Waals surface area contributed by atoms with Gasteiger partial charge in [0, 0.05) is 23.4 Å². The lowest BCUT2D eigenvalue weighted by molar-refractivity contribution is 0.425. The standard InChI is InChI=1S/C18H26N2S/c1-6-15-16(12-19-18(3,4)5)21-17(20-15)11-14-9-7-13(2)8-10-14/h7-10,19H,6,11-12H2,1-5H3. The fourth-order valence-corrected chi connectivity index (χ4v) is 3.28. The van der Waals surface area contributed by atoms with Gasteiger partial charge in [-0.05, 0) is 39.7 Å². The summed E-state index contributed by atoms with van der Waals surface area (Å²) in [6.07, 6.45) is 1.94. The van der Waals surface area contributed by atoms with Crippen LogP contribution in [-0.2, 0) is 19.4 Å². The molecule has 0 bridgehead atoms. The lowest BCUT2D eigenvalue weighted by Crippen LogP contribution is -2.35. The normalized spacial score (nSPS) is 11.9. The molecule has 0 radical (unpaired) electrons. The SMILES string of the molecule is CCc1nc(Cc2ccc(C)cc2)sc1CNC(C)(C)C. The Morgan fingerprint density at radius 1 is 1.14 bits per heavy atom. The largest absolute Gasteiger partial charge is 0.307 e. The molecule has 1 N–H and O–H groups in total. The minimum Gasteiger partial charge on any atom is -0.307 e. The number of benzene rings is 1. The first-order chi connectivity index (χ1) is 9.87. The second-order valence-corrected chi connectivity index (χ2v) is 7.77. The highest BCUT2D eigenvalue weighted by Crippen LogP contribution is 2.22. The van der Waals surface area contributed by atoms with E-state index in [1.165, 1.54) is 26.7 Å². The zero-order chi connectivity index (χ0) is 15.5. The highest BCUT2D eigenvalue weighted by molar-refractivity contribution is 7.11. The third-order valence-corrected chi connectivity index (χ3v) is 4.51. The average Bonchev–Trinajstić information content (AvgIpc) is 2.80. The Morgan fingerprint density at radius 2 is 1.81 bits per heavy atom. The van der Waals surface area contributed by atoms with Crippen LogP contribution >= 0.6 is 11.3 Å². The van der Waals surface area contributed by atoms with Gasteiger partial charge in [-0.3, -0.25) is 0 Å². The summed E-state index contributed by atoms with van der Waals surface area (Å²) in [6.45, 7) is 11.8. The number of nitrogens with one attached hydrogen (secondary N) is 1. The van der Waals surface area contributed by atoms with Gasteiger partial charge in [-0.1, -0.05) is 36.8 Å². The van der Waals surface area contributed by atoms with E-state index in [0.717, 1.165) is 19.4 Å². The molecule has 0 atom stereocenters. The van der Waals surface area contributed by atoms with Gasteiger partial charge in [0.25, 0.3) is 0 Å². The van der Waals surface area contributed by atoms with Crippen molar-refractivity contribution in [3.8, 4) is 0 Å². The minimum atomic E-state index is 0.145. The minimum absolute atomic E-state index is 0.145. The van der Waals surface area contributed by atoms with Crippen LogP contribution in [0.3, 0.4) is 0 Å². The van der Waals surface area contributed by atoms with Gasteiger partial charge in [0.1, 0.15) is 0 Å². The van der Waals surface area contributed by atoms with E-state index in [9.17, 15) is 0 Å². The molecule has 0 amide bonds. The molecule has 2 nitrogen and oxygen atoms in total. The maximum atomic E-state index is 4.83. The van der Waals surface area contributed by atoms with Crippen molar-refractivity contribution in [1.29, 1.82) is 0 Å². The van der Waals surface area contributed by atoms with Crippen molar-refractivity contribution in [3.05, 3.63) is 51.0 Å². The van der Waals surface area contributed by atoms with Crippen LogP contribution in [0.15, 0.2) is 24.3 Å². The molecule has 2 rings (SSSR count). The zero-order valence-corrected chi connectivity index (χ0v) is 14.6. The maximum Gasteiger partial charge on any atom is 0.0975 e. The van der Waals surface area contributed by atoms with Crippen molar-refractivity contribution in [2.75, 3.05) is 0 Å². The molecule has 1 aromatic carbocycles. The summed E-state index contributed by atoms with van der Waals surface area (Å²) in [4.78, 5) is 6.21. The Labute approximate surface area is 132 Å². The zero-order valence-electron chi connectivity index (χ0n) is 13.8. The van der Waals surface area contributed by atoms with E-state index in [2.05, 4.69) is 64.2 Å². The molecule has 0 saturated carbocycles. The summed E-state index contributed by atoms with van der Waals surface area (Å²) in [5.74, 6) is 0. The van der Waals surface area contributed by atoms with Gasteiger partial charge in [0.05, 0.1) is 10.7 Å². The first-order valence-electron chi connectivity index (χ1n) is 7.65. The molecule has 21 heavy (non-hydrogen) atoms. The molecule has 0 aliphatic carbocycles. The predicted molar refractivity (Wildman–Crippen MR) is 92.1 cm³/mol. The van der Waals surface area contributed by atoms with Crippen molar-refractivity contribution >= 4 is 11.3 Å². The number of nitrogens with zero attached hydrogens (tertiary/aromatic N) is 1. The van der Waals surface area contributed by atoms with Crippen molar-refractivity contribution in [1.82, 2.24) is 10.3 Å². The second kappa shape index (κ2) is 6.71. The molecular weight excluding hydrogens is 276 g/mol. The number of thiazole rings is 1. The van der Waals surface area contributed by atoms with Crippen LogP contribution in [0, 0.1) is 6.92 Å². The van der Waals surface area contributed by atoms with Gasteiger partial charge < -0.3 is 5.32 Å². The Bertz CT molecular complexity index is 576. The van der Waals surface area contributed by atoms with E-state index in [1.807, 2.05) is 11.3 Å². The summed E-state index contributed by atoms with van der Waals surface area (Å²) in [5, 5.41) is 4.79. The van der Waals surface area contributed by atoms with Crippen LogP contribution in [0.1, 0.15) is 54.4 Å². The number of rotatable bonds is 5. The Morgan fingerprint density at radius 3 is 2.38 bits per heavy atom. The second-order valence-electron chi connectivity index (χ2n) is 6.60. The topological polar surface area (TPSA) is 24.9 Å². The van der Waals surface area contributed by atoms with Crippen LogP contribution in [0.4, 0.5) is 0 Å². The molecule has 0 aliphatic rings. The van der Waals surface area contributed by atoms with E-state index in [1.54, 1.807) is 0 Å². The lowest BCUT2D eigenvalue weighted by Gasteiger charge is -2.20. The monoisotopic (exact) mass is 302 g/mol. The molecule has 2 aromatic rings. The quantitative estimate of drug-likeness (QED) is 0.880. The van der Waals surface area contributed by atoms with Crippen LogP contribution in [0.25, 0.3) is 0 Å². The van der Waals surface area contributed by atoms with Crippen molar-refractivity contribution in [3.63, 3.8) is 0 Å². The lowest BCUT2D eigenvalue weighted by atomic mass is 10.1. The van der Waals surface area contributed by atoms with Gasteiger partial charge in [0.15, 0.2) is 0 Å². The van der Waals surface area contributed by atoms with Crippen LogP contribution in [-0.4, -0.2) is 10.5 Å². The molecule has 1 aromatic heterocycles. The first-order valence-corrected chi connectivity index (χ1v) is 8.47. The summed E-state index contributed by atoms with van der Waals surface area (Å²) in [7, 11) is 0. The van der Waals surface area contributed by atoms with Crippen LogP contribution in [0.5, 0.6) is 0 Å². The molecule has 0 fully saturated rings. The smallest absolute Gasteiger partial charge is 0.0975 e. The fourth-order valence-electron chi connectivity index (χ4n) is 2.15. The van der Waals surface area contributed by atoms with E-state index in [4.69, 9.17) is 4.98 Å². The summed E-state index contributed by atoms with van der Waals surface area (Å²) in [5.41, 5.74) is 4.04. The summed E-state index contributed by atoms with van der Waals surface area (Å²) >= 11 is 1.85. The van der Waals surface area contributed by atoms with E-state index in [0.29, 0.717) is 0 Å². The number of hydrogen-bond donors (Lipinski definition) is 1. The third-order valence-electron chi connectivity index (χ3n) is 3.41. The molecular formula is C18H26N2S. The van der Waals surface area contributed by atoms with Gasteiger partial charge in [-0.25, -0.2) is 4.98 Å². The van der Waals surface area contributed by atoms with Gasteiger partial charge in [0.2, 0.25) is 0 Å². The van der Waals surface area contributed by atoms with Crippen LogP contribution < -0.4 is 5.32 Å². The number of hydrogen-bond acceptors (Lipinski definition) is 3. The van der Waals surface area contributed by atoms with E-state index >= 15 is 0 Å². The van der Waals surface area contributed by atoms with E-state index < -0.39 is 0 Å². The number of aromatic nitrogens is 1. The predicted octanol–water partition coefficient (Wildman–Crippen LogP) is 4.49. The van der Waals surface area contributed by atoms with Gasteiger partial charge >= 0.3 is 0 Å². The number of aryl methyl sites for hydroxylation is 2. The molecule has 0 unspecified atom stereocenters.